The molecule has 2 bridgehead atoms. The van der Waals surface area contributed by atoms with Gasteiger partial charge in [-0.25, -0.2) is 0 Å². The van der Waals surface area contributed by atoms with E-state index in [2.05, 4.69) is 0 Å². The first kappa shape index (κ1) is 12.8. The predicted octanol–water partition coefficient (Wildman–Crippen LogP) is 1.85. The second-order valence-electron chi connectivity index (χ2n) is 6.50. The minimum atomic E-state index is -0.696. The van der Waals surface area contributed by atoms with Crippen LogP contribution in [0.25, 0.3) is 0 Å². The zero-order valence-electron chi connectivity index (χ0n) is 11.0. The van der Waals surface area contributed by atoms with E-state index in [1.165, 1.54) is 0 Å². The summed E-state index contributed by atoms with van der Waals surface area (Å²) < 4.78 is 11.1. The summed E-state index contributed by atoms with van der Waals surface area (Å²) in [6.07, 6.45) is 1.58. The smallest absolute Gasteiger partial charge is 0.311 e. The van der Waals surface area contributed by atoms with Gasteiger partial charge >= 0.3 is 5.97 Å². The lowest BCUT2D eigenvalue weighted by molar-refractivity contribution is -0.302. The SMILES string of the molecule is CC(C)(C)C(=O)OC1CC2CCC1(C)OC2O. The summed E-state index contributed by atoms with van der Waals surface area (Å²) in [5.74, 6) is -0.0936. The van der Waals surface area contributed by atoms with Crippen molar-refractivity contribution in [2.45, 2.75) is 65.0 Å². The number of aliphatic hydroxyl groups is 1. The van der Waals surface area contributed by atoms with E-state index in [4.69, 9.17) is 9.47 Å². The Morgan fingerprint density at radius 3 is 2.59 bits per heavy atom. The van der Waals surface area contributed by atoms with Crippen LogP contribution in [-0.2, 0) is 14.3 Å². The average Bonchev–Trinajstić information content (AvgIpc) is 2.18. The number of rotatable bonds is 1. The summed E-state index contributed by atoms with van der Waals surface area (Å²) in [6, 6.07) is 0. The molecule has 2 heterocycles. The van der Waals surface area contributed by atoms with Crippen molar-refractivity contribution in [3.63, 3.8) is 0 Å². The first-order chi connectivity index (χ1) is 7.72. The maximum Gasteiger partial charge on any atom is 0.311 e. The Hall–Kier alpha value is -0.610. The molecule has 1 N–H and O–H groups in total. The van der Waals surface area contributed by atoms with E-state index in [0.717, 1.165) is 12.8 Å². The number of hydrogen-bond donors (Lipinski definition) is 1. The van der Waals surface area contributed by atoms with Crippen LogP contribution in [0.1, 0.15) is 47.0 Å². The molecule has 0 radical (unpaired) electrons. The van der Waals surface area contributed by atoms with Gasteiger partial charge in [0.2, 0.25) is 0 Å². The molecule has 4 unspecified atom stereocenters. The lowest BCUT2D eigenvalue weighted by Crippen LogP contribution is -2.59. The zero-order valence-corrected chi connectivity index (χ0v) is 11.0. The van der Waals surface area contributed by atoms with E-state index in [1.54, 1.807) is 0 Å². The Bertz CT molecular complexity index is 320. The van der Waals surface area contributed by atoms with Crippen LogP contribution >= 0.6 is 0 Å². The van der Waals surface area contributed by atoms with Gasteiger partial charge in [0, 0.05) is 5.92 Å². The van der Waals surface area contributed by atoms with Gasteiger partial charge in [-0.3, -0.25) is 4.79 Å². The Balaban J connectivity index is 2.06. The normalized spacial score (nSPS) is 41.4. The summed E-state index contributed by atoms with van der Waals surface area (Å²) >= 11 is 0. The molecule has 2 aliphatic heterocycles. The van der Waals surface area contributed by atoms with E-state index in [9.17, 15) is 9.90 Å². The highest BCUT2D eigenvalue weighted by atomic mass is 16.6. The second-order valence-corrected chi connectivity index (χ2v) is 6.50. The number of carbonyl (C=O) groups is 1. The van der Waals surface area contributed by atoms with Crippen molar-refractivity contribution in [1.82, 2.24) is 0 Å². The van der Waals surface area contributed by atoms with E-state index in [0.29, 0.717) is 6.42 Å². The molecule has 3 fully saturated rings. The molecule has 4 atom stereocenters. The standard InChI is InChI=1S/C13H22O4/c1-12(2,3)11(15)16-9-7-8-5-6-13(9,4)17-10(8)14/h8-10,14H,5-7H2,1-4H3. The molecule has 17 heavy (non-hydrogen) atoms. The fourth-order valence-electron chi connectivity index (χ4n) is 2.52. The Kier molecular flexibility index (Phi) is 2.99. The fourth-order valence-corrected chi connectivity index (χ4v) is 2.52. The number of carbonyl (C=O) groups excluding carboxylic acids is 1. The molecule has 3 aliphatic rings. The van der Waals surface area contributed by atoms with Gasteiger partial charge in [-0.1, -0.05) is 0 Å². The maximum atomic E-state index is 11.9. The Labute approximate surface area is 102 Å². The first-order valence-electron chi connectivity index (χ1n) is 6.29. The largest absolute Gasteiger partial charge is 0.459 e. The number of fused-ring (bicyclic) bond motifs is 3. The van der Waals surface area contributed by atoms with Crippen molar-refractivity contribution in [3.05, 3.63) is 0 Å². The highest BCUT2D eigenvalue weighted by molar-refractivity contribution is 5.75. The van der Waals surface area contributed by atoms with E-state index in [1.807, 2.05) is 27.7 Å². The van der Waals surface area contributed by atoms with Gasteiger partial charge in [-0.2, -0.15) is 0 Å². The van der Waals surface area contributed by atoms with Crippen LogP contribution in [0.4, 0.5) is 0 Å². The van der Waals surface area contributed by atoms with Crippen molar-refractivity contribution in [2.75, 3.05) is 0 Å². The minimum absolute atomic E-state index is 0.106. The zero-order chi connectivity index (χ0) is 12.8. The highest BCUT2D eigenvalue weighted by Gasteiger charge is 2.52. The van der Waals surface area contributed by atoms with Crippen LogP contribution < -0.4 is 0 Å². The third kappa shape index (κ3) is 2.33. The Morgan fingerprint density at radius 2 is 2.12 bits per heavy atom. The number of aliphatic hydroxyl groups excluding tert-OH is 1. The van der Waals surface area contributed by atoms with Gasteiger partial charge in [0.05, 0.1) is 5.41 Å². The third-order valence-electron chi connectivity index (χ3n) is 3.86. The topological polar surface area (TPSA) is 55.8 Å². The van der Waals surface area contributed by atoms with Gasteiger partial charge in [0.1, 0.15) is 11.7 Å². The van der Waals surface area contributed by atoms with Crippen LogP contribution in [-0.4, -0.2) is 29.1 Å². The van der Waals surface area contributed by atoms with Crippen molar-refractivity contribution in [1.29, 1.82) is 0 Å². The van der Waals surface area contributed by atoms with Crippen LogP contribution in [0.2, 0.25) is 0 Å². The molecule has 4 heteroatoms. The fraction of sp³-hybridized carbons (Fsp3) is 0.923. The lowest BCUT2D eigenvalue weighted by Gasteiger charge is -2.51. The molecule has 2 saturated heterocycles. The highest BCUT2D eigenvalue weighted by Crippen LogP contribution is 2.45. The molecule has 0 aromatic carbocycles. The maximum absolute atomic E-state index is 11.9. The molecule has 0 aromatic heterocycles. The van der Waals surface area contributed by atoms with Crippen LogP contribution in [0, 0.1) is 11.3 Å². The number of esters is 1. The number of hydrogen-bond acceptors (Lipinski definition) is 4. The van der Waals surface area contributed by atoms with Gasteiger partial charge < -0.3 is 14.6 Å². The predicted molar refractivity (Wildman–Crippen MR) is 62.2 cm³/mol. The second kappa shape index (κ2) is 3.95. The van der Waals surface area contributed by atoms with E-state index in [-0.39, 0.29) is 18.0 Å². The van der Waals surface area contributed by atoms with Crippen molar-refractivity contribution >= 4 is 5.97 Å². The monoisotopic (exact) mass is 242 g/mol. The molecular weight excluding hydrogens is 220 g/mol. The van der Waals surface area contributed by atoms with Gasteiger partial charge in [-0.15, -0.1) is 0 Å². The summed E-state index contributed by atoms with van der Waals surface area (Å²) in [7, 11) is 0. The van der Waals surface area contributed by atoms with Crippen LogP contribution in [0.5, 0.6) is 0 Å². The molecule has 3 rings (SSSR count). The lowest BCUT2D eigenvalue weighted by atomic mass is 9.74. The van der Waals surface area contributed by atoms with Crippen LogP contribution in [0.3, 0.4) is 0 Å². The molecule has 0 spiro atoms. The summed E-state index contributed by atoms with van der Waals surface area (Å²) in [5.41, 5.74) is -1.01. The molecule has 1 aliphatic carbocycles. The third-order valence-corrected chi connectivity index (χ3v) is 3.86. The average molecular weight is 242 g/mol. The van der Waals surface area contributed by atoms with E-state index >= 15 is 0 Å². The molecule has 98 valence electrons. The van der Waals surface area contributed by atoms with Crippen LogP contribution in [0.15, 0.2) is 0 Å². The Morgan fingerprint density at radius 1 is 1.47 bits per heavy atom. The summed E-state index contributed by atoms with van der Waals surface area (Å²) in [6.45, 7) is 7.45. The molecule has 0 amide bonds. The van der Waals surface area contributed by atoms with Crippen molar-refractivity contribution in [2.24, 2.45) is 11.3 Å². The molecular formula is C13H22O4. The molecule has 0 aromatic rings. The minimum Gasteiger partial charge on any atom is -0.459 e. The summed E-state index contributed by atoms with van der Waals surface area (Å²) in [5, 5.41) is 9.71. The van der Waals surface area contributed by atoms with E-state index < -0.39 is 17.3 Å². The quantitative estimate of drug-likeness (QED) is 0.713. The summed E-state index contributed by atoms with van der Waals surface area (Å²) in [4.78, 5) is 11.9. The van der Waals surface area contributed by atoms with Crippen molar-refractivity contribution < 1.29 is 19.4 Å². The van der Waals surface area contributed by atoms with Gasteiger partial charge in [0.25, 0.3) is 0 Å². The molecule has 4 nitrogen and oxygen atoms in total. The van der Waals surface area contributed by atoms with Gasteiger partial charge in [-0.05, 0) is 47.0 Å². The first-order valence-corrected chi connectivity index (χ1v) is 6.29. The molecule has 1 saturated carbocycles. The van der Waals surface area contributed by atoms with Crippen molar-refractivity contribution in [3.8, 4) is 0 Å². The van der Waals surface area contributed by atoms with Gasteiger partial charge in [0.15, 0.2) is 6.29 Å². The number of ether oxygens (including phenoxy) is 2.